The molecule has 0 radical (unpaired) electrons. The molecule has 1 atom stereocenters. The van der Waals surface area contributed by atoms with Crippen LogP contribution in [-0.4, -0.2) is 44.2 Å². The highest BCUT2D eigenvalue weighted by Gasteiger charge is 2.39. The largest absolute Gasteiger partial charge is 0.379 e. The Morgan fingerprint density at radius 1 is 1.59 bits per heavy atom. The Bertz CT molecular complexity index is 710. The van der Waals surface area contributed by atoms with Gasteiger partial charge in [0.05, 0.1) is 5.52 Å². The molecule has 0 saturated carbocycles. The number of nitrogens with one attached hydrogen (secondary N) is 1. The number of aryl methyl sites for hydroxylation is 1. The Labute approximate surface area is 131 Å². The highest BCUT2D eigenvalue weighted by atomic mass is 32.2. The number of para-hydroxylation sites is 1. The van der Waals surface area contributed by atoms with E-state index in [0.29, 0.717) is 36.5 Å². The van der Waals surface area contributed by atoms with Gasteiger partial charge in [-0.2, -0.15) is 11.8 Å². The summed E-state index contributed by atoms with van der Waals surface area (Å²) in [6, 6.07) is 4.85. The van der Waals surface area contributed by atoms with Crippen LogP contribution in [0.4, 0.5) is 4.39 Å². The number of imidazole rings is 1. The number of thioether (sulfide) groups is 1. The Morgan fingerprint density at radius 2 is 2.41 bits per heavy atom. The molecule has 0 spiro atoms. The molecule has 118 valence electrons. The molecule has 2 aromatic rings. The van der Waals surface area contributed by atoms with E-state index in [2.05, 4.69) is 10.3 Å². The molecule has 1 aromatic heterocycles. The van der Waals surface area contributed by atoms with Gasteiger partial charge in [-0.1, -0.05) is 6.07 Å². The Kier molecular flexibility index (Phi) is 4.10. The lowest BCUT2D eigenvalue weighted by Crippen LogP contribution is -2.47. The van der Waals surface area contributed by atoms with Crippen molar-refractivity contribution in [1.82, 2.24) is 14.9 Å². The van der Waals surface area contributed by atoms with Gasteiger partial charge in [0.25, 0.3) is 5.91 Å². The molecule has 1 aromatic carbocycles. The highest BCUT2D eigenvalue weighted by molar-refractivity contribution is 7.99. The van der Waals surface area contributed by atoms with Crippen LogP contribution in [0, 0.1) is 5.82 Å². The number of halogens is 1. The first-order valence-corrected chi connectivity index (χ1v) is 8.35. The molecule has 1 amide bonds. The predicted octanol–water partition coefficient (Wildman–Crippen LogP) is 1.24. The predicted molar refractivity (Wildman–Crippen MR) is 84.3 cm³/mol. The molecule has 2 heterocycles. The third-order valence-electron chi connectivity index (χ3n) is 4.01. The van der Waals surface area contributed by atoms with Crippen LogP contribution in [-0.2, 0) is 18.3 Å². The van der Waals surface area contributed by atoms with Crippen LogP contribution < -0.4 is 5.32 Å². The minimum Gasteiger partial charge on any atom is -0.379 e. The van der Waals surface area contributed by atoms with Crippen molar-refractivity contribution < 1.29 is 14.3 Å². The number of fused-ring (bicyclic) bond motifs is 1. The summed E-state index contributed by atoms with van der Waals surface area (Å²) >= 11 is 1.58. The summed E-state index contributed by atoms with van der Waals surface area (Å²) in [7, 11) is 1.83. The quantitative estimate of drug-likeness (QED) is 0.888. The molecular formula is C15H18FN3O2S. The van der Waals surface area contributed by atoms with Gasteiger partial charge in [-0.3, -0.25) is 4.79 Å². The third kappa shape index (κ3) is 2.70. The van der Waals surface area contributed by atoms with Crippen LogP contribution in [0.25, 0.3) is 11.0 Å². The van der Waals surface area contributed by atoms with Gasteiger partial charge >= 0.3 is 0 Å². The molecule has 0 aliphatic carbocycles. The van der Waals surface area contributed by atoms with Gasteiger partial charge in [-0.15, -0.1) is 0 Å². The standard InChI is InChI=1S/C15H18FN3O2S/c1-19-11-4-2-3-10(16)13(11)18-12(19)5-7-17-14(20)15(21)6-8-22-9-15/h2-4,21H,5-9H2,1H3,(H,17,20). The van der Waals surface area contributed by atoms with Crippen molar-refractivity contribution in [3.05, 3.63) is 29.8 Å². The zero-order valence-corrected chi connectivity index (χ0v) is 13.1. The number of aromatic nitrogens is 2. The normalized spacial score (nSPS) is 21.4. The second-order valence-electron chi connectivity index (χ2n) is 5.53. The van der Waals surface area contributed by atoms with Gasteiger partial charge in [0.1, 0.15) is 11.3 Å². The van der Waals surface area contributed by atoms with E-state index in [1.54, 1.807) is 17.8 Å². The van der Waals surface area contributed by atoms with Gasteiger partial charge in [0.15, 0.2) is 11.4 Å². The van der Waals surface area contributed by atoms with Crippen LogP contribution in [0.2, 0.25) is 0 Å². The van der Waals surface area contributed by atoms with E-state index in [4.69, 9.17) is 0 Å². The van der Waals surface area contributed by atoms with Crippen molar-refractivity contribution in [2.24, 2.45) is 7.05 Å². The number of nitrogens with zero attached hydrogens (tertiary/aromatic N) is 2. The van der Waals surface area contributed by atoms with E-state index < -0.39 is 5.60 Å². The Morgan fingerprint density at radius 3 is 3.09 bits per heavy atom. The molecule has 2 N–H and O–H groups in total. The molecule has 22 heavy (non-hydrogen) atoms. The second-order valence-corrected chi connectivity index (χ2v) is 6.64. The number of aliphatic hydroxyl groups is 1. The van der Waals surface area contributed by atoms with Crippen LogP contribution in [0.5, 0.6) is 0 Å². The number of carbonyl (C=O) groups is 1. The van der Waals surface area contributed by atoms with Crippen LogP contribution in [0.1, 0.15) is 12.2 Å². The van der Waals surface area contributed by atoms with Crippen molar-refractivity contribution in [3.8, 4) is 0 Å². The van der Waals surface area contributed by atoms with E-state index in [1.165, 1.54) is 6.07 Å². The van der Waals surface area contributed by atoms with Crippen molar-refractivity contribution >= 4 is 28.7 Å². The van der Waals surface area contributed by atoms with Crippen LogP contribution in [0.3, 0.4) is 0 Å². The van der Waals surface area contributed by atoms with Gasteiger partial charge in [0.2, 0.25) is 0 Å². The van der Waals surface area contributed by atoms with Crippen molar-refractivity contribution in [1.29, 1.82) is 0 Å². The second kappa shape index (κ2) is 5.89. The summed E-state index contributed by atoms with van der Waals surface area (Å²) in [5.41, 5.74) is -0.173. The van der Waals surface area contributed by atoms with Crippen molar-refractivity contribution in [2.75, 3.05) is 18.1 Å². The van der Waals surface area contributed by atoms with Gasteiger partial charge in [0, 0.05) is 25.8 Å². The maximum absolute atomic E-state index is 13.7. The molecule has 5 nitrogen and oxygen atoms in total. The molecule has 1 saturated heterocycles. The lowest BCUT2D eigenvalue weighted by atomic mass is 10.0. The molecule has 1 aliphatic heterocycles. The third-order valence-corrected chi connectivity index (χ3v) is 5.19. The summed E-state index contributed by atoms with van der Waals surface area (Å²) in [6.07, 6.45) is 0.973. The molecule has 0 bridgehead atoms. The van der Waals surface area contributed by atoms with E-state index in [0.717, 1.165) is 11.3 Å². The summed E-state index contributed by atoms with van der Waals surface area (Å²) in [5.74, 6) is 1.26. The molecule has 3 rings (SSSR count). The number of rotatable bonds is 4. The smallest absolute Gasteiger partial charge is 0.252 e. The van der Waals surface area contributed by atoms with Gasteiger partial charge in [-0.05, 0) is 24.3 Å². The zero-order valence-electron chi connectivity index (χ0n) is 12.3. The number of hydrogen-bond donors (Lipinski definition) is 2. The summed E-state index contributed by atoms with van der Waals surface area (Å²) in [6.45, 7) is 0.366. The lowest BCUT2D eigenvalue weighted by Gasteiger charge is -2.20. The Balaban J connectivity index is 1.66. The van der Waals surface area contributed by atoms with E-state index in [9.17, 15) is 14.3 Å². The average molecular weight is 323 g/mol. The first-order chi connectivity index (χ1) is 10.5. The highest BCUT2D eigenvalue weighted by Crippen LogP contribution is 2.27. The lowest BCUT2D eigenvalue weighted by molar-refractivity contribution is -0.137. The van der Waals surface area contributed by atoms with E-state index in [-0.39, 0.29) is 11.7 Å². The van der Waals surface area contributed by atoms with Crippen molar-refractivity contribution in [3.63, 3.8) is 0 Å². The first-order valence-electron chi connectivity index (χ1n) is 7.19. The fraction of sp³-hybridized carbons (Fsp3) is 0.467. The monoisotopic (exact) mass is 323 g/mol. The molecule has 1 unspecified atom stereocenters. The summed E-state index contributed by atoms with van der Waals surface area (Å²) in [4.78, 5) is 16.3. The van der Waals surface area contributed by atoms with E-state index >= 15 is 0 Å². The summed E-state index contributed by atoms with van der Waals surface area (Å²) in [5, 5.41) is 12.9. The zero-order chi connectivity index (χ0) is 15.7. The molecule has 7 heteroatoms. The van der Waals surface area contributed by atoms with Crippen LogP contribution >= 0.6 is 11.8 Å². The maximum atomic E-state index is 13.7. The Hall–Kier alpha value is -1.60. The summed E-state index contributed by atoms with van der Waals surface area (Å²) < 4.78 is 15.5. The average Bonchev–Trinajstić information content (AvgIpc) is 3.07. The minimum absolute atomic E-state index is 0.331. The van der Waals surface area contributed by atoms with E-state index in [1.807, 2.05) is 17.7 Å². The number of hydrogen-bond acceptors (Lipinski definition) is 4. The molecular weight excluding hydrogens is 305 g/mol. The fourth-order valence-corrected chi connectivity index (χ4v) is 3.88. The number of carbonyl (C=O) groups excluding carboxylic acids is 1. The first kappa shape index (κ1) is 15.3. The SMILES string of the molecule is Cn1c(CCNC(=O)C2(O)CCSC2)nc2c(F)cccc21. The van der Waals surface area contributed by atoms with Gasteiger partial charge in [-0.25, -0.2) is 9.37 Å². The molecule has 1 fully saturated rings. The molecule has 1 aliphatic rings. The van der Waals surface area contributed by atoms with Crippen LogP contribution in [0.15, 0.2) is 18.2 Å². The minimum atomic E-state index is -1.25. The van der Waals surface area contributed by atoms with Crippen molar-refractivity contribution in [2.45, 2.75) is 18.4 Å². The topological polar surface area (TPSA) is 67.2 Å². The van der Waals surface area contributed by atoms with Gasteiger partial charge < -0.3 is 15.0 Å². The number of benzene rings is 1. The number of amides is 1. The maximum Gasteiger partial charge on any atom is 0.252 e. The fourth-order valence-electron chi connectivity index (χ4n) is 2.64.